The van der Waals surface area contributed by atoms with Gasteiger partial charge in [0.25, 0.3) is 0 Å². The van der Waals surface area contributed by atoms with Gasteiger partial charge in [0, 0.05) is 0 Å². The number of sulfone groups is 1. The number of nitrogens with one attached hydrogen (secondary N) is 1. The first-order valence-electron chi connectivity index (χ1n) is 4.62. The van der Waals surface area contributed by atoms with E-state index in [1.165, 1.54) is 0 Å². The molecular weight excluding hydrogens is 174 g/mol. The van der Waals surface area contributed by atoms with Crippen molar-refractivity contribution in [3.8, 4) is 0 Å². The normalized spacial score (nSPS) is 27.6. The summed E-state index contributed by atoms with van der Waals surface area (Å²) in [5, 5.41) is 2.84. The molecule has 0 spiro atoms. The van der Waals surface area contributed by atoms with E-state index in [0.29, 0.717) is 5.75 Å². The third-order valence-electron chi connectivity index (χ3n) is 2.23. The number of hydrogen-bond donors (Lipinski definition) is 1. The van der Waals surface area contributed by atoms with Crippen LogP contribution in [0.3, 0.4) is 0 Å². The fourth-order valence-electron chi connectivity index (χ4n) is 1.46. The summed E-state index contributed by atoms with van der Waals surface area (Å²) in [6, 6.07) is 0. The number of unbranched alkanes of at least 4 members (excludes halogenated alkanes) is 1. The van der Waals surface area contributed by atoms with Gasteiger partial charge in [0.15, 0.2) is 9.84 Å². The molecule has 0 aliphatic carbocycles. The molecule has 1 aliphatic rings. The molecule has 1 unspecified atom stereocenters. The fourth-order valence-corrected chi connectivity index (χ4v) is 3.21. The van der Waals surface area contributed by atoms with Gasteiger partial charge in [-0.2, -0.15) is 0 Å². The highest BCUT2D eigenvalue weighted by Crippen LogP contribution is 2.17. The third kappa shape index (κ3) is 2.45. The summed E-state index contributed by atoms with van der Waals surface area (Å²) in [5.41, 5.74) is 0. The van der Waals surface area contributed by atoms with Crippen molar-refractivity contribution in [3.05, 3.63) is 0 Å². The topological polar surface area (TPSA) is 46.2 Å². The molecule has 4 heteroatoms. The van der Waals surface area contributed by atoms with Crippen molar-refractivity contribution in [2.75, 3.05) is 12.3 Å². The lowest BCUT2D eigenvalue weighted by atomic mass is 10.3. The predicted molar refractivity (Wildman–Crippen MR) is 49.7 cm³/mol. The molecular formula is C8H17NO2S. The Kier molecular flexibility index (Phi) is 3.53. The van der Waals surface area contributed by atoms with Gasteiger partial charge in [-0.05, 0) is 25.8 Å². The van der Waals surface area contributed by atoms with Gasteiger partial charge in [-0.15, -0.1) is 0 Å². The zero-order chi connectivity index (χ0) is 9.03. The Morgan fingerprint density at radius 3 is 2.75 bits per heavy atom. The van der Waals surface area contributed by atoms with E-state index in [4.69, 9.17) is 0 Å². The maximum absolute atomic E-state index is 11.3. The maximum Gasteiger partial charge on any atom is 0.166 e. The summed E-state index contributed by atoms with van der Waals surface area (Å²) in [6.07, 6.45) is 3.80. The zero-order valence-electron chi connectivity index (χ0n) is 7.54. The number of hydrogen-bond acceptors (Lipinski definition) is 3. The first-order valence-corrected chi connectivity index (χ1v) is 6.33. The van der Waals surface area contributed by atoms with Crippen molar-refractivity contribution in [1.82, 2.24) is 5.32 Å². The van der Waals surface area contributed by atoms with Crippen LogP contribution >= 0.6 is 0 Å². The summed E-state index contributed by atoms with van der Waals surface area (Å²) in [6.45, 7) is 2.94. The van der Waals surface area contributed by atoms with E-state index in [2.05, 4.69) is 12.2 Å². The van der Waals surface area contributed by atoms with Gasteiger partial charge >= 0.3 is 0 Å². The Bertz CT molecular complexity index is 223. The molecule has 0 saturated carbocycles. The van der Waals surface area contributed by atoms with Gasteiger partial charge in [0.05, 0.1) is 5.75 Å². The summed E-state index contributed by atoms with van der Waals surface area (Å²) in [4.78, 5) is 0. The van der Waals surface area contributed by atoms with Gasteiger partial charge < -0.3 is 5.32 Å². The molecule has 1 atom stereocenters. The SMILES string of the molecule is CCCCNC1CCCS1(=O)=O. The van der Waals surface area contributed by atoms with Crippen LogP contribution < -0.4 is 5.32 Å². The van der Waals surface area contributed by atoms with E-state index < -0.39 is 9.84 Å². The van der Waals surface area contributed by atoms with E-state index in [1.54, 1.807) is 0 Å². The van der Waals surface area contributed by atoms with Gasteiger partial charge in [0.2, 0.25) is 0 Å². The summed E-state index contributed by atoms with van der Waals surface area (Å²) >= 11 is 0. The molecule has 0 radical (unpaired) electrons. The summed E-state index contributed by atoms with van der Waals surface area (Å²) in [5.74, 6) is 0.372. The molecule has 0 aromatic rings. The van der Waals surface area contributed by atoms with Crippen molar-refractivity contribution in [2.24, 2.45) is 0 Å². The average Bonchev–Trinajstić information content (AvgIpc) is 2.32. The zero-order valence-corrected chi connectivity index (χ0v) is 8.36. The van der Waals surface area contributed by atoms with Crippen LogP contribution in [0.2, 0.25) is 0 Å². The Morgan fingerprint density at radius 1 is 1.50 bits per heavy atom. The second-order valence-electron chi connectivity index (χ2n) is 3.31. The standard InChI is InChI=1S/C8H17NO2S/c1-2-3-6-9-8-5-4-7-12(8,10)11/h8-9H,2-7H2,1H3. The van der Waals surface area contributed by atoms with Gasteiger partial charge in [-0.3, -0.25) is 0 Å². The Morgan fingerprint density at radius 2 is 2.25 bits per heavy atom. The summed E-state index contributed by atoms with van der Waals surface area (Å²) < 4.78 is 22.6. The minimum atomic E-state index is -2.78. The van der Waals surface area contributed by atoms with Crippen LogP contribution in [0.1, 0.15) is 32.6 Å². The highest BCUT2D eigenvalue weighted by molar-refractivity contribution is 7.92. The molecule has 3 nitrogen and oxygen atoms in total. The molecule has 0 aromatic heterocycles. The highest BCUT2D eigenvalue weighted by Gasteiger charge is 2.30. The minimum Gasteiger partial charge on any atom is -0.301 e. The predicted octanol–water partition coefficient (Wildman–Crippen LogP) is 0.911. The van der Waals surface area contributed by atoms with Crippen LogP contribution in [0.15, 0.2) is 0 Å². The van der Waals surface area contributed by atoms with E-state index >= 15 is 0 Å². The van der Waals surface area contributed by atoms with Crippen molar-refractivity contribution < 1.29 is 8.42 Å². The average molecular weight is 191 g/mol. The molecule has 0 aromatic carbocycles. The molecule has 1 N–H and O–H groups in total. The first-order chi connectivity index (χ1) is 5.67. The molecule has 1 rings (SSSR count). The first kappa shape index (κ1) is 9.99. The molecule has 1 fully saturated rings. The second kappa shape index (κ2) is 4.23. The molecule has 1 aliphatic heterocycles. The van der Waals surface area contributed by atoms with Crippen LogP contribution in [0.5, 0.6) is 0 Å². The second-order valence-corrected chi connectivity index (χ2v) is 5.61. The van der Waals surface area contributed by atoms with Crippen molar-refractivity contribution in [1.29, 1.82) is 0 Å². The Labute approximate surface area is 74.5 Å². The fraction of sp³-hybridized carbons (Fsp3) is 1.00. The lowest BCUT2D eigenvalue weighted by Gasteiger charge is -2.10. The van der Waals surface area contributed by atoms with Gasteiger partial charge in [0.1, 0.15) is 5.37 Å². The third-order valence-corrected chi connectivity index (χ3v) is 4.36. The van der Waals surface area contributed by atoms with E-state index in [9.17, 15) is 8.42 Å². The molecule has 0 bridgehead atoms. The van der Waals surface area contributed by atoms with Crippen molar-refractivity contribution in [3.63, 3.8) is 0 Å². The van der Waals surface area contributed by atoms with E-state index in [-0.39, 0.29) is 5.37 Å². The molecule has 72 valence electrons. The van der Waals surface area contributed by atoms with Crippen LogP contribution in [-0.4, -0.2) is 26.1 Å². The summed E-state index contributed by atoms with van der Waals surface area (Å²) in [7, 11) is -2.78. The van der Waals surface area contributed by atoms with Crippen LogP contribution in [-0.2, 0) is 9.84 Å². The van der Waals surface area contributed by atoms with Crippen molar-refractivity contribution >= 4 is 9.84 Å². The van der Waals surface area contributed by atoms with Crippen LogP contribution in [0.25, 0.3) is 0 Å². The van der Waals surface area contributed by atoms with Crippen molar-refractivity contribution in [2.45, 2.75) is 38.0 Å². The molecule has 1 saturated heterocycles. The smallest absolute Gasteiger partial charge is 0.166 e. The van der Waals surface area contributed by atoms with Gasteiger partial charge in [-0.25, -0.2) is 8.42 Å². The van der Waals surface area contributed by atoms with Gasteiger partial charge in [-0.1, -0.05) is 13.3 Å². The maximum atomic E-state index is 11.3. The quantitative estimate of drug-likeness (QED) is 0.672. The molecule has 0 amide bonds. The van der Waals surface area contributed by atoms with Crippen LogP contribution in [0, 0.1) is 0 Å². The van der Waals surface area contributed by atoms with E-state index in [1.807, 2.05) is 0 Å². The van der Waals surface area contributed by atoms with Crippen LogP contribution in [0.4, 0.5) is 0 Å². The molecule has 12 heavy (non-hydrogen) atoms. The Hall–Kier alpha value is -0.0900. The minimum absolute atomic E-state index is 0.246. The molecule has 1 heterocycles. The van der Waals surface area contributed by atoms with E-state index in [0.717, 1.165) is 32.2 Å². The largest absolute Gasteiger partial charge is 0.301 e. The highest BCUT2D eigenvalue weighted by atomic mass is 32.2. The lowest BCUT2D eigenvalue weighted by molar-refractivity contribution is 0.548. The Balaban J connectivity index is 2.32. The lowest BCUT2D eigenvalue weighted by Crippen LogP contribution is -2.33. The monoisotopic (exact) mass is 191 g/mol. The number of rotatable bonds is 4.